The maximum Gasteiger partial charge on any atom is 0.291 e. The Morgan fingerprint density at radius 3 is 2.62 bits per heavy atom. The lowest BCUT2D eigenvalue weighted by atomic mass is 9.95. The maximum absolute atomic E-state index is 13.4. The van der Waals surface area contributed by atoms with Gasteiger partial charge in [0.25, 0.3) is 17.4 Å². The van der Waals surface area contributed by atoms with Gasteiger partial charge in [-0.1, -0.05) is 0 Å². The predicted molar refractivity (Wildman–Crippen MR) is 112 cm³/mol. The number of nitrogens with zero attached hydrogens (tertiary/aromatic N) is 3. The Balaban J connectivity index is 1.58. The summed E-state index contributed by atoms with van der Waals surface area (Å²) in [5, 5.41) is 2.90. The summed E-state index contributed by atoms with van der Waals surface area (Å²) >= 11 is 0. The van der Waals surface area contributed by atoms with Gasteiger partial charge in [-0.3, -0.25) is 19.0 Å². The minimum absolute atomic E-state index is 0.0849. The number of oxazole rings is 1. The molecule has 0 radical (unpaired) electrons. The molecule has 2 aliphatic rings. The highest BCUT2D eigenvalue weighted by Gasteiger charge is 2.32. The first-order chi connectivity index (χ1) is 15.4. The third-order valence-electron chi connectivity index (χ3n) is 5.87. The molecule has 1 aliphatic heterocycles. The van der Waals surface area contributed by atoms with Gasteiger partial charge in [0.05, 0.1) is 5.69 Å². The van der Waals surface area contributed by atoms with Crippen LogP contribution in [0.4, 0.5) is 4.39 Å². The summed E-state index contributed by atoms with van der Waals surface area (Å²) in [5.41, 5.74) is 1.90. The number of hydrogen-bond donors (Lipinski definition) is 1. The number of pyridine rings is 1. The molecule has 8 nitrogen and oxygen atoms in total. The van der Waals surface area contributed by atoms with Gasteiger partial charge in [0.15, 0.2) is 6.39 Å². The highest BCUT2D eigenvalue weighted by atomic mass is 19.1. The molecule has 0 bridgehead atoms. The zero-order valence-electron chi connectivity index (χ0n) is 17.4. The van der Waals surface area contributed by atoms with Gasteiger partial charge in [0.2, 0.25) is 5.76 Å². The van der Waals surface area contributed by atoms with E-state index in [0.717, 1.165) is 12.8 Å². The van der Waals surface area contributed by atoms with E-state index in [4.69, 9.17) is 4.42 Å². The van der Waals surface area contributed by atoms with Gasteiger partial charge < -0.3 is 14.6 Å². The van der Waals surface area contributed by atoms with Crippen LogP contribution in [0.2, 0.25) is 0 Å². The smallest absolute Gasteiger partial charge is 0.291 e. The summed E-state index contributed by atoms with van der Waals surface area (Å²) in [6, 6.07) is 5.57. The van der Waals surface area contributed by atoms with Gasteiger partial charge in [-0.25, -0.2) is 9.37 Å². The van der Waals surface area contributed by atoms with E-state index in [1.54, 1.807) is 18.0 Å². The second-order valence-electron chi connectivity index (χ2n) is 8.15. The summed E-state index contributed by atoms with van der Waals surface area (Å²) in [6.07, 6.45) is 5.01. The van der Waals surface area contributed by atoms with Crippen molar-refractivity contribution in [2.75, 3.05) is 6.54 Å². The van der Waals surface area contributed by atoms with Crippen molar-refractivity contribution >= 4 is 11.8 Å². The van der Waals surface area contributed by atoms with Crippen molar-refractivity contribution in [1.29, 1.82) is 0 Å². The number of aryl methyl sites for hydroxylation is 1. The van der Waals surface area contributed by atoms with Crippen molar-refractivity contribution in [3.63, 3.8) is 0 Å². The van der Waals surface area contributed by atoms with Gasteiger partial charge in [-0.15, -0.1) is 0 Å². The molecule has 0 saturated heterocycles. The van der Waals surface area contributed by atoms with E-state index in [1.165, 1.54) is 35.2 Å². The van der Waals surface area contributed by atoms with Crippen molar-refractivity contribution in [2.45, 2.75) is 38.8 Å². The van der Waals surface area contributed by atoms with E-state index in [9.17, 15) is 18.8 Å². The van der Waals surface area contributed by atoms with Crippen LogP contribution >= 0.6 is 0 Å². The molecule has 0 unspecified atom stereocenters. The van der Waals surface area contributed by atoms with Crippen LogP contribution in [0, 0.1) is 12.7 Å². The molecule has 164 valence electrons. The average Bonchev–Trinajstić information content (AvgIpc) is 3.49. The fraction of sp³-hybridized carbons (Fsp3) is 0.304. The fourth-order valence-electron chi connectivity index (χ4n) is 3.99. The number of benzene rings is 1. The van der Waals surface area contributed by atoms with Crippen LogP contribution in [0.3, 0.4) is 0 Å². The number of fused-ring (bicyclic) bond motifs is 1. The van der Waals surface area contributed by atoms with E-state index in [2.05, 4.69) is 10.3 Å². The van der Waals surface area contributed by atoms with Crippen LogP contribution in [0.25, 0.3) is 5.69 Å². The largest absolute Gasteiger partial charge is 0.438 e. The molecule has 1 N–H and O–H groups in total. The summed E-state index contributed by atoms with van der Waals surface area (Å²) < 4.78 is 20.0. The monoisotopic (exact) mass is 436 g/mol. The second kappa shape index (κ2) is 7.74. The lowest BCUT2D eigenvalue weighted by Gasteiger charge is -2.30. The highest BCUT2D eigenvalue weighted by molar-refractivity contribution is 5.96. The molecule has 9 heteroatoms. The molecule has 2 amide bonds. The van der Waals surface area contributed by atoms with Crippen LogP contribution in [0.1, 0.15) is 50.6 Å². The van der Waals surface area contributed by atoms with Crippen LogP contribution in [-0.2, 0) is 13.0 Å². The third kappa shape index (κ3) is 3.59. The van der Waals surface area contributed by atoms with Crippen LogP contribution in [0.15, 0.2) is 46.1 Å². The van der Waals surface area contributed by atoms with Crippen molar-refractivity contribution in [3.05, 3.63) is 81.2 Å². The molecule has 1 saturated carbocycles. The van der Waals surface area contributed by atoms with Crippen LogP contribution in [-0.4, -0.2) is 38.9 Å². The van der Waals surface area contributed by atoms with Gasteiger partial charge in [0.1, 0.15) is 11.4 Å². The van der Waals surface area contributed by atoms with Crippen LogP contribution < -0.4 is 10.9 Å². The summed E-state index contributed by atoms with van der Waals surface area (Å²) in [4.78, 5) is 44.8. The molecular weight excluding hydrogens is 415 g/mol. The summed E-state index contributed by atoms with van der Waals surface area (Å²) in [5.74, 6) is -0.956. The molecule has 0 spiro atoms. The predicted octanol–water partition coefficient (Wildman–Crippen LogP) is 2.36. The maximum atomic E-state index is 13.4. The Morgan fingerprint density at radius 1 is 1.22 bits per heavy atom. The van der Waals surface area contributed by atoms with Crippen molar-refractivity contribution in [2.24, 2.45) is 0 Å². The number of hydrogen-bond acceptors (Lipinski definition) is 5. The Bertz CT molecular complexity index is 1270. The van der Waals surface area contributed by atoms with Crippen molar-refractivity contribution in [3.8, 4) is 5.69 Å². The Hall–Kier alpha value is -3.75. The fourth-order valence-corrected chi connectivity index (χ4v) is 3.99. The molecule has 2 aromatic heterocycles. The topological polar surface area (TPSA) is 97.4 Å². The minimum Gasteiger partial charge on any atom is -0.438 e. The van der Waals surface area contributed by atoms with Gasteiger partial charge >= 0.3 is 0 Å². The minimum atomic E-state index is -0.459. The van der Waals surface area contributed by atoms with E-state index in [1.807, 2.05) is 0 Å². The zero-order chi connectivity index (χ0) is 22.4. The molecular formula is C23H21FN4O4. The normalized spacial score (nSPS) is 15.4. The Labute approximate surface area is 182 Å². The first kappa shape index (κ1) is 20.2. The molecule has 32 heavy (non-hydrogen) atoms. The molecule has 3 aromatic rings. The molecule has 1 aliphatic carbocycles. The third-order valence-corrected chi connectivity index (χ3v) is 5.87. The molecule has 3 heterocycles. The number of halogens is 1. The molecule has 1 aromatic carbocycles. The average molecular weight is 436 g/mol. The van der Waals surface area contributed by atoms with E-state index in [0.29, 0.717) is 35.5 Å². The first-order valence-electron chi connectivity index (χ1n) is 10.5. The number of aromatic nitrogens is 2. The number of carbonyl (C=O) groups is 2. The standard InChI is InChI=1S/C23H21FN4O4/c1-13-20(32-12-25-13)23(31)27-9-8-18-14(10-27)11-28(17-6-2-15(24)3-7-17)22(30)19(18)21(29)26-16-4-5-16/h2-3,6-7,11-12,16H,4-5,8-10H2,1H3,(H,26,29). The van der Waals surface area contributed by atoms with Crippen molar-refractivity contribution in [1.82, 2.24) is 19.8 Å². The van der Waals surface area contributed by atoms with Crippen LogP contribution in [0.5, 0.6) is 0 Å². The zero-order valence-corrected chi connectivity index (χ0v) is 17.4. The molecule has 0 atom stereocenters. The highest BCUT2D eigenvalue weighted by Crippen LogP contribution is 2.25. The number of nitrogens with one attached hydrogen (secondary N) is 1. The number of amides is 2. The first-order valence-corrected chi connectivity index (χ1v) is 10.5. The lowest BCUT2D eigenvalue weighted by Crippen LogP contribution is -2.41. The quantitative estimate of drug-likeness (QED) is 0.677. The SMILES string of the molecule is Cc1ncoc1C(=O)N1CCc2c(cn(-c3ccc(F)cc3)c(=O)c2C(=O)NC2CC2)C1. The summed E-state index contributed by atoms with van der Waals surface area (Å²) in [6.45, 7) is 2.25. The number of carbonyl (C=O) groups excluding carboxylic acids is 2. The second-order valence-corrected chi connectivity index (χ2v) is 8.15. The van der Waals surface area contributed by atoms with Gasteiger partial charge in [0, 0.05) is 31.0 Å². The Morgan fingerprint density at radius 2 is 1.97 bits per heavy atom. The van der Waals surface area contributed by atoms with E-state index < -0.39 is 17.3 Å². The van der Waals surface area contributed by atoms with E-state index >= 15 is 0 Å². The van der Waals surface area contributed by atoms with Gasteiger partial charge in [-0.2, -0.15) is 0 Å². The Kier molecular flexibility index (Phi) is 4.88. The van der Waals surface area contributed by atoms with E-state index in [-0.39, 0.29) is 29.8 Å². The lowest BCUT2D eigenvalue weighted by molar-refractivity contribution is 0.0700. The van der Waals surface area contributed by atoms with Gasteiger partial charge in [-0.05, 0) is 61.6 Å². The number of rotatable bonds is 4. The summed E-state index contributed by atoms with van der Waals surface area (Å²) in [7, 11) is 0. The molecule has 5 rings (SSSR count). The van der Waals surface area contributed by atoms with Crippen molar-refractivity contribution < 1.29 is 18.4 Å². The molecule has 1 fully saturated rings.